The van der Waals surface area contributed by atoms with Gasteiger partial charge in [-0.3, -0.25) is 4.79 Å². The molecule has 1 unspecified atom stereocenters. The number of ether oxygens (including phenoxy) is 1. The molecule has 22 heavy (non-hydrogen) atoms. The Labute approximate surface area is 133 Å². The standard InChI is InChI=1S/C15H28N2O4S/c1-10(2)13(17-22(19,20)12-5-6-12)14(18)16-11-7-8-21-15(3,4)9-11/h10-13,17H,5-9H2,1-4H3,(H,16,18)/t11?,13-/m1/s1. The molecule has 0 aromatic rings. The summed E-state index contributed by atoms with van der Waals surface area (Å²) >= 11 is 0. The molecule has 2 fully saturated rings. The van der Waals surface area contributed by atoms with Gasteiger partial charge in [-0.2, -0.15) is 0 Å². The molecule has 1 amide bonds. The monoisotopic (exact) mass is 332 g/mol. The first-order valence-corrected chi connectivity index (χ1v) is 9.61. The van der Waals surface area contributed by atoms with E-state index in [1.807, 2.05) is 27.7 Å². The quantitative estimate of drug-likeness (QED) is 0.764. The molecule has 2 atom stereocenters. The van der Waals surface area contributed by atoms with E-state index in [-0.39, 0.29) is 28.7 Å². The highest BCUT2D eigenvalue weighted by molar-refractivity contribution is 7.90. The molecule has 0 spiro atoms. The predicted molar refractivity (Wildman–Crippen MR) is 84.9 cm³/mol. The Morgan fingerprint density at radius 1 is 1.23 bits per heavy atom. The van der Waals surface area contributed by atoms with E-state index in [0.29, 0.717) is 19.4 Å². The van der Waals surface area contributed by atoms with Crippen molar-refractivity contribution in [2.45, 2.75) is 76.3 Å². The summed E-state index contributed by atoms with van der Waals surface area (Å²) in [4.78, 5) is 12.5. The van der Waals surface area contributed by atoms with Gasteiger partial charge >= 0.3 is 0 Å². The normalized spacial score (nSPS) is 26.7. The van der Waals surface area contributed by atoms with E-state index < -0.39 is 16.1 Å². The van der Waals surface area contributed by atoms with Gasteiger partial charge in [-0.15, -0.1) is 0 Å². The maximum absolute atomic E-state index is 12.5. The van der Waals surface area contributed by atoms with Gasteiger partial charge in [0.1, 0.15) is 6.04 Å². The fourth-order valence-corrected chi connectivity index (χ4v) is 4.47. The number of nitrogens with one attached hydrogen (secondary N) is 2. The molecule has 1 saturated carbocycles. The SMILES string of the molecule is CC(C)[C@@H](NS(=O)(=O)C1CC1)C(=O)NC1CCOC(C)(C)C1. The Bertz CT molecular complexity index is 512. The van der Waals surface area contributed by atoms with E-state index in [2.05, 4.69) is 10.0 Å². The van der Waals surface area contributed by atoms with Crippen molar-refractivity contribution in [1.29, 1.82) is 0 Å². The Kier molecular flexibility index (Phi) is 5.19. The van der Waals surface area contributed by atoms with Crippen LogP contribution in [0.25, 0.3) is 0 Å². The summed E-state index contributed by atoms with van der Waals surface area (Å²) in [5.74, 6) is -0.330. The molecule has 6 nitrogen and oxygen atoms in total. The molecule has 0 bridgehead atoms. The smallest absolute Gasteiger partial charge is 0.238 e. The third kappa shape index (κ3) is 4.67. The lowest BCUT2D eigenvalue weighted by atomic mass is 9.93. The second-order valence-electron chi connectivity index (χ2n) is 7.39. The topological polar surface area (TPSA) is 84.5 Å². The maximum Gasteiger partial charge on any atom is 0.238 e. The van der Waals surface area contributed by atoms with Gasteiger partial charge in [-0.1, -0.05) is 13.8 Å². The zero-order chi connectivity index (χ0) is 16.5. The minimum absolute atomic E-state index is 0.0305. The first kappa shape index (κ1) is 17.7. The van der Waals surface area contributed by atoms with Crippen LogP contribution in [0.1, 0.15) is 53.4 Å². The largest absolute Gasteiger partial charge is 0.375 e. The lowest BCUT2D eigenvalue weighted by molar-refractivity contribution is -0.126. The molecule has 128 valence electrons. The Morgan fingerprint density at radius 2 is 1.86 bits per heavy atom. The van der Waals surface area contributed by atoms with Crippen LogP contribution in [0, 0.1) is 5.92 Å². The van der Waals surface area contributed by atoms with E-state index >= 15 is 0 Å². The fraction of sp³-hybridized carbons (Fsp3) is 0.933. The average molecular weight is 332 g/mol. The Hall–Kier alpha value is -0.660. The van der Waals surface area contributed by atoms with Crippen LogP contribution in [-0.4, -0.2) is 43.9 Å². The average Bonchev–Trinajstić information content (AvgIpc) is 3.18. The van der Waals surface area contributed by atoms with E-state index in [1.54, 1.807) is 0 Å². The van der Waals surface area contributed by atoms with Crippen LogP contribution in [0.4, 0.5) is 0 Å². The lowest BCUT2D eigenvalue weighted by Crippen LogP contribution is -2.54. The van der Waals surface area contributed by atoms with Crippen LogP contribution >= 0.6 is 0 Å². The minimum atomic E-state index is -3.38. The Morgan fingerprint density at radius 3 is 2.36 bits per heavy atom. The van der Waals surface area contributed by atoms with Crippen LogP contribution in [-0.2, 0) is 19.6 Å². The molecule has 1 saturated heterocycles. The maximum atomic E-state index is 12.5. The number of hydrogen-bond donors (Lipinski definition) is 2. The summed E-state index contributed by atoms with van der Waals surface area (Å²) in [6.45, 7) is 8.32. The first-order valence-electron chi connectivity index (χ1n) is 8.06. The fourth-order valence-electron chi connectivity index (χ4n) is 2.79. The van der Waals surface area contributed by atoms with E-state index in [1.165, 1.54) is 0 Å². The summed E-state index contributed by atoms with van der Waals surface area (Å²) in [5, 5.41) is 2.68. The summed E-state index contributed by atoms with van der Waals surface area (Å²) in [7, 11) is -3.38. The van der Waals surface area contributed by atoms with Gasteiger partial charge in [-0.05, 0) is 45.4 Å². The molecule has 2 rings (SSSR count). The van der Waals surface area contributed by atoms with Crippen LogP contribution in [0.2, 0.25) is 0 Å². The zero-order valence-corrected chi connectivity index (χ0v) is 14.7. The van der Waals surface area contributed by atoms with Crippen molar-refractivity contribution in [3.63, 3.8) is 0 Å². The zero-order valence-electron chi connectivity index (χ0n) is 13.9. The van der Waals surface area contributed by atoms with Crippen LogP contribution in [0.5, 0.6) is 0 Å². The third-order valence-corrected chi connectivity index (χ3v) is 6.18. The van der Waals surface area contributed by atoms with Gasteiger partial charge in [0, 0.05) is 12.6 Å². The number of carbonyl (C=O) groups is 1. The van der Waals surface area contributed by atoms with Crippen molar-refractivity contribution < 1.29 is 17.9 Å². The summed E-state index contributed by atoms with van der Waals surface area (Å²) in [5.41, 5.74) is -0.253. The molecule has 7 heteroatoms. The number of hydrogen-bond acceptors (Lipinski definition) is 4. The van der Waals surface area contributed by atoms with Crippen molar-refractivity contribution in [3.8, 4) is 0 Å². The van der Waals surface area contributed by atoms with Crippen molar-refractivity contribution in [1.82, 2.24) is 10.0 Å². The molecule has 1 heterocycles. The summed E-state index contributed by atoms with van der Waals surface area (Å²) in [6.07, 6.45) is 2.88. The Balaban J connectivity index is 1.97. The van der Waals surface area contributed by atoms with E-state index in [9.17, 15) is 13.2 Å². The van der Waals surface area contributed by atoms with Crippen molar-refractivity contribution in [2.75, 3.05) is 6.61 Å². The molecular formula is C15H28N2O4S. The molecule has 0 aromatic heterocycles. The molecule has 1 aliphatic carbocycles. The highest BCUT2D eigenvalue weighted by Crippen LogP contribution is 2.28. The first-order chi connectivity index (χ1) is 10.1. The van der Waals surface area contributed by atoms with Gasteiger partial charge in [0.2, 0.25) is 15.9 Å². The summed E-state index contributed by atoms with van der Waals surface area (Å²) < 4.78 is 32.4. The lowest BCUT2D eigenvalue weighted by Gasteiger charge is -2.36. The van der Waals surface area contributed by atoms with Gasteiger partial charge < -0.3 is 10.1 Å². The molecule has 2 N–H and O–H groups in total. The molecule has 2 aliphatic rings. The van der Waals surface area contributed by atoms with Crippen molar-refractivity contribution in [3.05, 3.63) is 0 Å². The van der Waals surface area contributed by atoms with Crippen molar-refractivity contribution >= 4 is 15.9 Å². The van der Waals surface area contributed by atoms with E-state index in [0.717, 1.165) is 12.8 Å². The second-order valence-corrected chi connectivity index (χ2v) is 9.38. The van der Waals surface area contributed by atoms with Crippen molar-refractivity contribution in [2.24, 2.45) is 5.92 Å². The van der Waals surface area contributed by atoms with Gasteiger partial charge in [0.05, 0.1) is 10.9 Å². The minimum Gasteiger partial charge on any atom is -0.375 e. The number of sulfonamides is 1. The molecule has 0 radical (unpaired) electrons. The predicted octanol–water partition coefficient (Wildman–Crippen LogP) is 1.17. The molecular weight excluding hydrogens is 304 g/mol. The van der Waals surface area contributed by atoms with Crippen LogP contribution in [0.3, 0.4) is 0 Å². The number of rotatable bonds is 6. The number of amides is 1. The van der Waals surface area contributed by atoms with Crippen LogP contribution < -0.4 is 10.0 Å². The van der Waals surface area contributed by atoms with Gasteiger partial charge in [-0.25, -0.2) is 13.1 Å². The van der Waals surface area contributed by atoms with Gasteiger partial charge in [0.25, 0.3) is 0 Å². The summed E-state index contributed by atoms with van der Waals surface area (Å²) in [6, 6.07) is -0.681. The molecule has 1 aliphatic heterocycles. The van der Waals surface area contributed by atoms with Crippen LogP contribution in [0.15, 0.2) is 0 Å². The highest BCUT2D eigenvalue weighted by Gasteiger charge is 2.39. The molecule has 0 aromatic carbocycles. The van der Waals surface area contributed by atoms with E-state index in [4.69, 9.17) is 4.74 Å². The third-order valence-electron chi connectivity index (χ3n) is 4.25. The highest BCUT2D eigenvalue weighted by atomic mass is 32.2. The number of carbonyl (C=O) groups excluding carboxylic acids is 1. The second kappa shape index (κ2) is 6.45. The van der Waals surface area contributed by atoms with Gasteiger partial charge in [0.15, 0.2) is 0 Å².